The van der Waals surface area contributed by atoms with E-state index >= 15 is 0 Å². The summed E-state index contributed by atoms with van der Waals surface area (Å²) in [6.07, 6.45) is 2.67. The van der Waals surface area contributed by atoms with E-state index in [1.165, 1.54) is 0 Å². The lowest BCUT2D eigenvalue weighted by molar-refractivity contribution is 0.145. The molecule has 1 rings (SSSR count). The first-order chi connectivity index (χ1) is 8.24. The molecule has 0 radical (unpaired) electrons. The van der Waals surface area contributed by atoms with Gasteiger partial charge in [-0.25, -0.2) is 4.99 Å². The number of hydrogen-bond acceptors (Lipinski definition) is 3. The molecule has 0 saturated heterocycles. The van der Waals surface area contributed by atoms with Gasteiger partial charge in [-0.15, -0.1) is 0 Å². The van der Waals surface area contributed by atoms with E-state index in [0.29, 0.717) is 12.5 Å². The normalized spacial score (nSPS) is 11.8. The molecule has 6 heteroatoms. The highest BCUT2D eigenvalue weighted by Crippen LogP contribution is 1.97. The van der Waals surface area contributed by atoms with Crippen molar-refractivity contribution in [2.45, 2.75) is 19.9 Å². The highest BCUT2D eigenvalue weighted by Gasteiger charge is 1.97. The van der Waals surface area contributed by atoms with Gasteiger partial charge in [0, 0.05) is 33.0 Å². The lowest BCUT2D eigenvalue weighted by Gasteiger charge is -2.05. The molecule has 0 amide bonds. The maximum Gasteiger partial charge on any atom is 0.188 e. The first-order valence-electron chi connectivity index (χ1n) is 5.82. The smallest absolute Gasteiger partial charge is 0.188 e. The largest absolute Gasteiger partial charge is 0.382 e. The minimum atomic E-state index is 0.461. The van der Waals surface area contributed by atoms with Crippen molar-refractivity contribution in [2.75, 3.05) is 19.8 Å². The van der Waals surface area contributed by atoms with Gasteiger partial charge in [0.1, 0.15) is 0 Å². The Morgan fingerprint density at radius 3 is 3.12 bits per heavy atom. The van der Waals surface area contributed by atoms with E-state index < -0.39 is 0 Å². The van der Waals surface area contributed by atoms with Crippen molar-refractivity contribution in [2.24, 2.45) is 17.8 Å². The summed E-state index contributed by atoms with van der Waals surface area (Å²) in [5, 5.41) is 7.10. The maximum absolute atomic E-state index is 5.72. The van der Waals surface area contributed by atoms with Crippen LogP contribution < -0.4 is 11.1 Å². The molecular weight excluding hydrogens is 218 g/mol. The summed E-state index contributed by atoms with van der Waals surface area (Å²) < 4.78 is 7.00. The van der Waals surface area contributed by atoms with Crippen LogP contribution in [0.1, 0.15) is 19.0 Å². The molecule has 0 saturated carbocycles. The summed E-state index contributed by atoms with van der Waals surface area (Å²) in [5.41, 5.74) is 6.76. The van der Waals surface area contributed by atoms with Gasteiger partial charge in [-0.3, -0.25) is 4.68 Å². The Morgan fingerprint density at radius 1 is 1.65 bits per heavy atom. The quantitative estimate of drug-likeness (QED) is 0.406. The van der Waals surface area contributed by atoms with Gasteiger partial charge < -0.3 is 15.8 Å². The predicted molar refractivity (Wildman–Crippen MR) is 67.6 cm³/mol. The minimum Gasteiger partial charge on any atom is -0.382 e. The molecule has 0 aliphatic carbocycles. The number of aryl methyl sites for hydroxylation is 1. The fourth-order valence-corrected chi connectivity index (χ4v) is 1.31. The maximum atomic E-state index is 5.72. The van der Waals surface area contributed by atoms with Gasteiger partial charge >= 0.3 is 0 Å². The van der Waals surface area contributed by atoms with Gasteiger partial charge in [-0.2, -0.15) is 5.10 Å². The van der Waals surface area contributed by atoms with Crippen LogP contribution in [0.2, 0.25) is 0 Å². The molecule has 3 N–H and O–H groups in total. The molecule has 0 aliphatic rings. The van der Waals surface area contributed by atoms with Crippen LogP contribution in [0.5, 0.6) is 0 Å². The standard InChI is InChI=1S/C11H21N5O/c1-3-17-8-4-6-13-11(12)14-9-10-5-7-15-16(10)2/h5,7H,3-4,6,8-9H2,1-2H3,(H3,12,13,14). The average Bonchev–Trinajstić information content (AvgIpc) is 2.72. The molecule has 0 bridgehead atoms. The Bertz CT molecular complexity index is 347. The summed E-state index contributed by atoms with van der Waals surface area (Å²) in [4.78, 5) is 4.23. The van der Waals surface area contributed by atoms with Crippen molar-refractivity contribution in [1.29, 1.82) is 0 Å². The molecule has 0 aliphatic heterocycles. The topological polar surface area (TPSA) is 77.5 Å². The predicted octanol–water partition coefficient (Wildman–Crippen LogP) is 0.251. The number of ether oxygens (including phenoxy) is 1. The van der Waals surface area contributed by atoms with Gasteiger partial charge in [0.25, 0.3) is 0 Å². The summed E-state index contributed by atoms with van der Waals surface area (Å²) in [6.45, 7) is 4.81. The molecule has 17 heavy (non-hydrogen) atoms. The highest BCUT2D eigenvalue weighted by atomic mass is 16.5. The number of guanidine groups is 1. The van der Waals surface area contributed by atoms with Gasteiger partial charge in [0.05, 0.1) is 12.2 Å². The van der Waals surface area contributed by atoms with Crippen molar-refractivity contribution in [3.63, 3.8) is 0 Å². The Kier molecular flexibility index (Phi) is 6.09. The molecule has 0 atom stereocenters. The van der Waals surface area contributed by atoms with Crippen molar-refractivity contribution in [1.82, 2.24) is 15.1 Å². The zero-order valence-corrected chi connectivity index (χ0v) is 10.5. The van der Waals surface area contributed by atoms with Gasteiger partial charge in [-0.05, 0) is 19.4 Å². The first-order valence-corrected chi connectivity index (χ1v) is 5.82. The first kappa shape index (κ1) is 13.5. The van der Waals surface area contributed by atoms with E-state index in [0.717, 1.165) is 31.9 Å². The molecule has 0 unspecified atom stereocenters. The van der Waals surface area contributed by atoms with E-state index in [1.807, 2.05) is 20.0 Å². The zero-order chi connectivity index (χ0) is 12.5. The van der Waals surface area contributed by atoms with E-state index in [-0.39, 0.29) is 0 Å². The lowest BCUT2D eigenvalue weighted by atomic mass is 10.4. The number of nitrogens with one attached hydrogen (secondary N) is 1. The second-order valence-electron chi connectivity index (χ2n) is 3.62. The fraction of sp³-hybridized carbons (Fsp3) is 0.636. The van der Waals surface area contributed by atoms with Crippen LogP contribution >= 0.6 is 0 Å². The van der Waals surface area contributed by atoms with Crippen LogP contribution in [-0.2, 0) is 18.3 Å². The zero-order valence-electron chi connectivity index (χ0n) is 10.5. The second kappa shape index (κ2) is 7.67. The summed E-state index contributed by atoms with van der Waals surface area (Å²) in [7, 11) is 1.89. The van der Waals surface area contributed by atoms with Gasteiger partial charge in [-0.1, -0.05) is 0 Å². The monoisotopic (exact) mass is 239 g/mol. The van der Waals surface area contributed by atoms with Crippen LogP contribution in [-0.4, -0.2) is 35.5 Å². The van der Waals surface area contributed by atoms with Crippen molar-refractivity contribution in [3.8, 4) is 0 Å². The van der Waals surface area contributed by atoms with Crippen LogP contribution in [0.15, 0.2) is 17.3 Å². The van der Waals surface area contributed by atoms with Gasteiger partial charge in [0.15, 0.2) is 5.96 Å². The molecule has 1 aromatic heterocycles. The van der Waals surface area contributed by atoms with E-state index in [1.54, 1.807) is 10.9 Å². The van der Waals surface area contributed by atoms with Crippen molar-refractivity contribution in [3.05, 3.63) is 18.0 Å². The number of hydrogen-bond donors (Lipinski definition) is 2. The molecule has 0 fully saturated rings. The summed E-state index contributed by atoms with van der Waals surface area (Å²) in [6, 6.07) is 1.92. The molecule has 1 heterocycles. The Labute approximate surface area is 102 Å². The minimum absolute atomic E-state index is 0.461. The number of aromatic nitrogens is 2. The van der Waals surface area contributed by atoms with Crippen LogP contribution in [0.25, 0.3) is 0 Å². The van der Waals surface area contributed by atoms with E-state index in [2.05, 4.69) is 15.4 Å². The Balaban J connectivity index is 2.19. The molecule has 6 nitrogen and oxygen atoms in total. The molecule has 0 spiro atoms. The summed E-state index contributed by atoms with van der Waals surface area (Å²) in [5.74, 6) is 0.461. The molecular formula is C11H21N5O. The third-order valence-corrected chi connectivity index (χ3v) is 2.31. The molecule has 0 aromatic carbocycles. The van der Waals surface area contributed by atoms with Crippen molar-refractivity contribution >= 4 is 5.96 Å². The van der Waals surface area contributed by atoms with Crippen LogP contribution in [0, 0.1) is 0 Å². The van der Waals surface area contributed by atoms with E-state index in [9.17, 15) is 0 Å². The SMILES string of the molecule is CCOCCCNC(N)=NCc1ccnn1C. The Morgan fingerprint density at radius 2 is 2.47 bits per heavy atom. The van der Waals surface area contributed by atoms with E-state index in [4.69, 9.17) is 10.5 Å². The highest BCUT2D eigenvalue weighted by molar-refractivity contribution is 5.77. The third-order valence-electron chi connectivity index (χ3n) is 2.31. The van der Waals surface area contributed by atoms with Crippen LogP contribution in [0.4, 0.5) is 0 Å². The number of aliphatic imine (C=N–C) groups is 1. The molecule has 1 aromatic rings. The van der Waals surface area contributed by atoms with Crippen molar-refractivity contribution < 1.29 is 4.74 Å². The number of rotatable bonds is 7. The van der Waals surface area contributed by atoms with Crippen LogP contribution in [0.3, 0.4) is 0 Å². The van der Waals surface area contributed by atoms with Gasteiger partial charge in [0.2, 0.25) is 0 Å². The Hall–Kier alpha value is -1.56. The number of nitrogens with two attached hydrogens (primary N) is 1. The summed E-state index contributed by atoms with van der Waals surface area (Å²) >= 11 is 0. The number of nitrogens with zero attached hydrogens (tertiary/aromatic N) is 3. The average molecular weight is 239 g/mol. The second-order valence-corrected chi connectivity index (χ2v) is 3.62. The molecule has 96 valence electrons. The lowest BCUT2D eigenvalue weighted by Crippen LogP contribution is -2.32. The fourth-order valence-electron chi connectivity index (χ4n) is 1.31. The third kappa shape index (κ3) is 5.35.